The first kappa shape index (κ1) is 24.4. The zero-order chi connectivity index (χ0) is 26.6. The Labute approximate surface area is 218 Å². The summed E-state index contributed by atoms with van der Waals surface area (Å²) in [6.45, 7) is 0.369. The van der Waals surface area contributed by atoms with Gasteiger partial charge in [-0.3, -0.25) is 10.2 Å². The highest BCUT2D eigenvalue weighted by Crippen LogP contribution is 2.38. The first-order valence-electron chi connectivity index (χ1n) is 11.7. The lowest BCUT2D eigenvalue weighted by molar-refractivity contribution is -0.112. The molecular formula is C29H23N3O6. The molecule has 0 saturated carbocycles. The van der Waals surface area contributed by atoms with E-state index < -0.39 is 6.16 Å². The number of phenols is 1. The number of hydrogen-bond acceptors (Lipinski definition) is 7. The highest BCUT2D eigenvalue weighted by Gasteiger charge is 2.34. The van der Waals surface area contributed by atoms with Gasteiger partial charge < -0.3 is 24.6 Å². The average molecular weight is 510 g/mol. The monoisotopic (exact) mass is 509 g/mol. The van der Waals surface area contributed by atoms with E-state index in [9.17, 15) is 14.7 Å². The number of carbonyl (C=O) groups excluding carboxylic acids is 1. The van der Waals surface area contributed by atoms with Crippen molar-refractivity contribution in [2.75, 3.05) is 17.4 Å². The average Bonchev–Trinajstić information content (AvgIpc) is 3.18. The third-order valence-corrected chi connectivity index (χ3v) is 6.06. The van der Waals surface area contributed by atoms with Crippen molar-refractivity contribution >= 4 is 29.1 Å². The number of ether oxygens (including phenoxy) is 2. The fourth-order valence-corrected chi connectivity index (χ4v) is 4.26. The van der Waals surface area contributed by atoms with E-state index in [1.165, 1.54) is 12.1 Å². The number of nitrogens with one attached hydrogen (secondary N) is 1. The Hall–Kier alpha value is -5.31. The minimum absolute atomic E-state index is 0.119. The van der Waals surface area contributed by atoms with Crippen LogP contribution in [0.1, 0.15) is 11.1 Å². The van der Waals surface area contributed by atoms with E-state index in [0.29, 0.717) is 34.7 Å². The van der Waals surface area contributed by atoms with Crippen LogP contribution in [0.5, 0.6) is 17.2 Å². The number of carbonyl (C=O) groups is 2. The lowest BCUT2D eigenvalue weighted by Crippen LogP contribution is -2.30. The number of benzene rings is 4. The molecule has 0 atom stereocenters. The molecule has 9 nitrogen and oxygen atoms in total. The lowest BCUT2D eigenvalue weighted by atomic mass is 10.0. The minimum Gasteiger partial charge on any atom is -0.505 e. The number of amides is 1. The highest BCUT2D eigenvalue weighted by molar-refractivity contribution is 6.54. The molecule has 0 aliphatic carbocycles. The van der Waals surface area contributed by atoms with Crippen molar-refractivity contribution in [3.8, 4) is 28.4 Å². The molecule has 190 valence electrons. The van der Waals surface area contributed by atoms with Crippen LogP contribution in [0.4, 0.5) is 16.2 Å². The molecule has 3 N–H and O–H groups in total. The Morgan fingerprint density at radius 3 is 2.47 bits per heavy atom. The third-order valence-electron chi connectivity index (χ3n) is 6.06. The van der Waals surface area contributed by atoms with Crippen LogP contribution in [-0.2, 0) is 11.3 Å². The van der Waals surface area contributed by atoms with Crippen molar-refractivity contribution in [2.24, 2.45) is 5.10 Å². The Bertz CT molecular complexity index is 1550. The van der Waals surface area contributed by atoms with Crippen LogP contribution in [-0.4, -0.2) is 35.1 Å². The highest BCUT2D eigenvalue weighted by atomic mass is 16.7. The van der Waals surface area contributed by atoms with Crippen LogP contribution < -0.4 is 19.8 Å². The Morgan fingerprint density at radius 2 is 1.71 bits per heavy atom. The standard InChI is InChI=1S/C29H23N3O6/c1-37-20-13-14-25-23(16-20)26(28(34)32(25)17-18-7-3-2-4-8-18)31-30-24-12-6-11-22(27(24)33)19-9-5-10-21(15-19)38-29(35)36/h2-16,30,33H,17H2,1H3,(H,35,36). The molecule has 5 rings (SSSR count). The van der Waals surface area contributed by atoms with Crippen molar-refractivity contribution in [3.05, 3.63) is 102 Å². The molecule has 0 aromatic heterocycles. The van der Waals surface area contributed by atoms with E-state index >= 15 is 0 Å². The van der Waals surface area contributed by atoms with Gasteiger partial charge in [0.15, 0.2) is 5.71 Å². The second-order valence-electron chi connectivity index (χ2n) is 8.43. The molecule has 9 heteroatoms. The molecule has 0 unspecified atom stereocenters. The number of phenolic OH excluding ortho intramolecular Hbond substituents is 1. The van der Waals surface area contributed by atoms with Gasteiger partial charge in [0.25, 0.3) is 5.91 Å². The molecule has 1 aliphatic rings. The van der Waals surface area contributed by atoms with E-state index in [2.05, 4.69) is 10.5 Å². The van der Waals surface area contributed by atoms with E-state index in [-0.39, 0.29) is 28.8 Å². The topological polar surface area (TPSA) is 121 Å². The zero-order valence-electron chi connectivity index (χ0n) is 20.3. The van der Waals surface area contributed by atoms with Gasteiger partial charge in [-0.15, -0.1) is 0 Å². The quantitative estimate of drug-likeness (QED) is 0.130. The molecule has 0 bridgehead atoms. The number of anilines is 2. The second-order valence-corrected chi connectivity index (χ2v) is 8.43. The maximum Gasteiger partial charge on any atom is 0.511 e. The smallest absolute Gasteiger partial charge is 0.505 e. The molecule has 4 aromatic carbocycles. The number of hydrogen-bond donors (Lipinski definition) is 3. The van der Waals surface area contributed by atoms with Gasteiger partial charge in [-0.25, -0.2) is 4.79 Å². The fraction of sp³-hybridized carbons (Fsp3) is 0.0690. The van der Waals surface area contributed by atoms with Crippen molar-refractivity contribution in [1.29, 1.82) is 0 Å². The normalized spacial score (nSPS) is 13.3. The van der Waals surface area contributed by atoms with Crippen LogP contribution in [0, 0.1) is 0 Å². The van der Waals surface area contributed by atoms with Gasteiger partial charge in [-0.1, -0.05) is 54.6 Å². The molecule has 0 spiro atoms. The SMILES string of the molecule is COc1ccc2c(c1)C(=NNc1cccc(-c3cccc(OC(=O)O)c3)c1O)C(=O)N2Cc1ccccc1. The van der Waals surface area contributed by atoms with Crippen molar-refractivity contribution < 1.29 is 29.3 Å². The van der Waals surface area contributed by atoms with E-state index in [0.717, 1.165) is 5.56 Å². The maximum absolute atomic E-state index is 13.5. The number of hydrazone groups is 1. The Kier molecular flexibility index (Phi) is 6.65. The molecule has 0 saturated heterocycles. The van der Waals surface area contributed by atoms with Crippen molar-refractivity contribution in [3.63, 3.8) is 0 Å². The van der Waals surface area contributed by atoms with Gasteiger partial charge in [-0.05, 0) is 47.5 Å². The maximum atomic E-state index is 13.5. The molecule has 1 aliphatic heterocycles. The Balaban J connectivity index is 1.47. The van der Waals surface area contributed by atoms with Gasteiger partial charge in [0, 0.05) is 11.1 Å². The van der Waals surface area contributed by atoms with Crippen LogP contribution >= 0.6 is 0 Å². The van der Waals surface area contributed by atoms with Gasteiger partial charge in [0.2, 0.25) is 0 Å². The van der Waals surface area contributed by atoms with E-state index in [1.54, 1.807) is 54.5 Å². The molecule has 4 aromatic rings. The molecule has 0 radical (unpaired) electrons. The lowest BCUT2D eigenvalue weighted by Gasteiger charge is -2.17. The summed E-state index contributed by atoms with van der Waals surface area (Å²) in [6, 6.07) is 26.4. The number of rotatable bonds is 7. The van der Waals surface area contributed by atoms with Gasteiger partial charge in [0.05, 0.1) is 25.0 Å². The summed E-state index contributed by atoms with van der Waals surface area (Å²) in [4.78, 5) is 26.0. The summed E-state index contributed by atoms with van der Waals surface area (Å²) in [5, 5.41) is 24.3. The van der Waals surface area contributed by atoms with Gasteiger partial charge in [0.1, 0.15) is 17.2 Å². The summed E-state index contributed by atoms with van der Waals surface area (Å²) >= 11 is 0. The summed E-state index contributed by atoms with van der Waals surface area (Å²) in [5.74, 6) is 0.285. The predicted molar refractivity (Wildman–Crippen MR) is 143 cm³/mol. The number of fused-ring (bicyclic) bond motifs is 1. The van der Waals surface area contributed by atoms with Crippen molar-refractivity contribution in [2.45, 2.75) is 6.54 Å². The largest absolute Gasteiger partial charge is 0.511 e. The number of carboxylic acid groups (broad SMARTS) is 1. The number of nitrogens with zero attached hydrogens (tertiary/aromatic N) is 2. The molecule has 1 heterocycles. The molecule has 0 fully saturated rings. The third kappa shape index (κ3) is 4.85. The first-order chi connectivity index (χ1) is 18.4. The summed E-state index contributed by atoms with van der Waals surface area (Å²) in [6.07, 6.45) is -1.43. The molecular weight excluding hydrogens is 486 g/mol. The molecule has 38 heavy (non-hydrogen) atoms. The van der Waals surface area contributed by atoms with Gasteiger partial charge >= 0.3 is 6.16 Å². The fourth-order valence-electron chi connectivity index (χ4n) is 4.26. The first-order valence-corrected chi connectivity index (χ1v) is 11.7. The van der Waals surface area contributed by atoms with E-state index in [1.807, 2.05) is 36.4 Å². The van der Waals surface area contributed by atoms with Crippen LogP contribution in [0.25, 0.3) is 11.1 Å². The molecule has 1 amide bonds. The minimum atomic E-state index is -1.43. The van der Waals surface area contributed by atoms with Crippen LogP contribution in [0.3, 0.4) is 0 Å². The van der Waals surface area contributed by atoms with Crippen LogP contribution in [0.2, 0.25) is 0 Å². The zero-order valence-corrected chi connectivity index (χ0v) is 20.3. The number of para-hydroxylation sites is 1. The summed E-state index contributed by atoms with van der Waals surface area (Å²) in [7, 11) is 1.55. The summed E-state index contributed by atoms with van der Waals surface area (Å²) in [5.41, 5.74) is 6.51. The second kappa shape index (κ2) is 10.4. The van der Waals surface area contributed by atoms with E-state index in [4.69, 9.17) is 14.6 Å². The number of aromatic hydroxyl groups is 1. The summed E-state index contributed by atoms with van der Waals surface area (Å²) < 4.78 is 10.1. The van der Waals surface area contributed by atoms with Crippen molar-refractivity contribution in [1.82, 2.24) is 0 Å². The van der Waals surface area contributed by atoms with Gasteiger partial charge in [-0.2, -0.15) is 5.10 Å². The predicted octanol–water partition coefficient (Wildman–Crippen LogP) is 5.49. The Morgan fingerprint density at radius 1 is 0.921 bits per heavy atom. The number of methoxy groups -OCH3 is 1. The van der Waals surface area contributed by atoms with Crippen LogP contribution in [0.15, 0.2) is 96.1 Å².